The molecule has 8 heteroatoms. The Labute approximate surface area is 175 Å². The number of sulfonamides is 1. The van der Waals surface area contributed by atoms with Crippen molar-refractivity contribution < 1.29 is 17.9 Å². The Morgan fingerprint density at radius 2 is 1.67 bits per heavy atom. The van der Waals surface area contributed by atoms with Crippen LogP contribution in [0.1, 0.15) is 21.5 Å². The third kappa shape index (κ3) is 4.59. The van der Waals surface area contributed by atoms with Gasteiger partial charge in [-0.25, -0.2) is 8.42 Å². The summed E-state index contributed by atoms with van der Waals surface area (Å²) >= 11 is 0. The summed E-state index contributed by atoms with van der Waals surface area (Å²) in [6.45, 7) is 1.75. The minimum atomic E-state index is -3.89. The van der Waals surface area contributed by atoms with Crippen LogP contribution < -0.4 is 14.8 Å². The molecule has 152 valence electrons. The van der Waals surface area contributed by atoms with Gasteiger partial charge in [0.05, 0.1) is 29.3 Å². The Kier molecular flexibility index (Phi) is 6.04. The molecule has 2 N–H and O–H groups in total. The zero-order valence-corrected chi connectivity index (χ0v) is 17.2. The third-order valence-electron chi connectivity index (χ3n) is 4.37. The van der Waals surface area contributed by atoms with Gasteiger partial charge in [-0.1, -0.05) is 18.2 Å². The normalized spacial score (nSPS) is 10.7. The van der Waals surface area contributed by atoms with Crippen LogP contribution in [0.2, 0.25) is 0 Å². The Bertz CT molecular complexity index is 1220. The molecular weight excluding hydrogens is 402 g/mol. The van der Waals surface area contributed by atoms with Crippen LogP contribution in [0.4, 0.5) is 11.4 Å². The number of rotatable bonds is 6. The predicted octanol–water partition coefficient (Wildman–Crippen LogP) is 3.93. The van der Waals surface area contributed by atoms with Gasteiger partial charge in [0.15, 0.2) is 0 Å². The summed E-state index contributed by atoms with van der Waals surface area (Å²) in [6, 6.07) is 19.4. The monoisotopic (exact) mass is 421 g/mol. The maximum Gasteiger partial charge on any atom is 0.262 e. The summed E-state index contributed by atoms with van der Waals surface area (Å²) in [5.74, 6) is -0.0344. The Balaban J connectivity index is 1.88. The van der Waals surface area contributed by atoms with Crippen LogP contribution in [0.3, 0.4) is 0 Å². The highest BCUT2D eigenvalue weighted by atomic mass is 32.2. The lowest BCUT2D eigenvalue weighted by Crippen LogP contribution is -2.15. The highest BCUT2D eigenvalue weighted by molar-refractivity contribution is 7.92. The molecule has 0 unspecified atom stereocenters. The number of nitrogens with zero attached hydrogens (tertiary/aromatic N) is 1. The molecule has 7 nitrogen and oxygen atoms in total. The summed E-state index contributed by atoms with van der Waals surface area (Å²) in [7, 11) is -2.48. The second-order valence-electron chi connectivity index (χ2n) is 6.43. The van der Waals surface area contributed by atoms with E-state index in [1.54, 1.807) is 43.3 Å². The van der Waals surface area contributed by atoms with Crippen LogP contribution in [0.5, 0.6) is 5.75 Å². The van der Waals surface area contributed by atoms with Crippen molar-refractivity contribution in [1.29, 1.82) is 5.26 Å². The number of anilines is 2. The third-order valence-corrected chi connectivity index (χ3v) is 5.75. The van der Waals surface area contributed by atoms with Crippen molar-refractivity contribution in [2.75, 3.05) is 17.1 Å². The molecule has 0 aliphatic rings. The molecule has 0 aliphatic carbocycles. The van der Waals surface area contributed by atoms with Gasteiger partial charge in [0.1, 0.15) is 5.75 Å². The number of hydrogen-bond acceptors (Lipinski definition) is 5. The molecule has 3 rings (SSSR count). The van der Waals surface area contributed by atoms with Gasteiger partial charge in [-0.15, -0.1) is 0 Å². The second kappa shape index (κ2) is 8.68. The van der Waals surface area contributed by atoms with E-state index in [1.807, 2.05) is 12.1 Å². The summed E-state index contributed by atoms with van der Waals surface area (Å²) < 4.78 is 33.2. The molecule has 0 saturated carbocycles. The van der Waals surface area contributed by atoms with E-state index < -0.39 is 10.0 Å². The standard InChI is InChI=1S/C22H19N3O4S/c1-15-12-20(25-30(27,28)18-10-8-16(14-23)9-11-18)21(29-2)13-19(15)24-22(26)17-6-4-3-5-7-17/h3-13,25H,1-2H3,(H,24,26). The van der Waals surface area contributed by atoms with Gasteiger partial charge < -0.3 is 10.1 Å². The first-order chi connectivity index (χ1) is 14.3. The van der Waals surface area contributed by atoms with E-state index in [0.29, 0.717) is 22.4 Å². The topological polar surface area (TPSA) is 108 Å². The van der Waals surface area contributed by atoms with E-state index in [-0.39, 0.29) is 22.2 Å². The van der Waals surface area contributed by atoms with Crippen molar-refractivity contribution in [2.45, 2.75) is 11.8 Å². The Morgan fingerprint density at radius 3 is 2.27 bits per heavy atom. The first-order valence-corrected chi connectivity index (χ1v) is 10.4. The maximum atomic E-state index is 12.7. The van der Waals surface area contributed by atoms with Gasteiger partial charge >= 0.3 is 0 Å². The van der Waals surface area contributed by atoms with E-state index in [2.05, 4.69) is 10.0 Å². The predicted molar refractivity (Wildman–Crippen MR) is 114 cm³/mol. The fourth-order valence-corrected chi connectivity index (χ4v) is 3.83. The van der Waals surface area contributed by atoms with Crippen molar-refractivity contribution >= 4 is 27.3 Å². The fraction of sp³-hybridized carbons (Fsp3) is 0.0909. The molecule has 0 aliphatic heterocycles. The fourth-order valence-electron chi connectivity index (χ4n) is 2.77. The lowest BCUT2D eigenvalue weighted by atomic mass is 10.1. The van der Waals surface area contributed by atoms with Gasteiger partial charge in [-0.3, -0.25) is 9.52 Å². The van der Waals surface area contributed by atoms with Crippen molar-refractivity contribution in [3.8, 4) is 11.8 Å². The van der Waals surface area contributed by atoms with Crippen molar-refractivity contribution in [2.24, 2.45) is 0 Å². The largest absolute Gasteiger partial charge is 0.494 e. The van der Waals surface area contributed by atoms with Crippen LogP contribution in [0.25, 0.3) is 0 Å². The van der Waals surface area contributed by atoms with Crippen LogP contribution in [-0.4, -0.2) is 21.4 Å². The van der Waals surface area contributed by atoms with Crippen LogP contribution in [0, 0.1) is 18.3 Å². The first-order valence-electron chi connectivity index (χ1n) is 8.92. The zero-order valence-electron chi connectivity index (χ0n) is 16.3. The van der Waals surface area contributed by atoms with Gasteiger partial charge in [-0.05, 0) is 55.0 Å². The number of amides is 1. The van der Waals surface area contributed by atoms with E-state index in [4.69, 9.17) is 10.00 Å². The molecule has 0 atom stereocenters. The molecule has 0 fully saturated rings. The van der Waals surface area contributed by atoms with Gasteiger partial charge in [0.2, 0.25) is 0 Å². The average Bonchev–Trinajstić information content (AvgIpc) is 2.76. The highest BCUT2D eigenvalue weighted by Crippen LogP contribution is 2.33. The van der Waals surface area contributed by atoms with E-state index >= 15 is 0 Å². The van der Waals surface area contributed by atoms with E-state index in [9.17, 15) is 13.2 Å². The van der Waals surface area contributed by atoms with Gasteiger partial charge in [-0.2, -0.15) is 5.26 Å². The van der Waals surface area contributed by atoms with Crippen LogP contribution in [0.15, 0.2) is 71.6 Å². The number of aryl methyl sites for hydroxylation is 1. The first kappa shape index (κ1) is 20.9. The minimum absolute atomic E-state index is 0.0164. The average molecular weight is 421 g/mol. The number of hydrogen-bond donors (Lipinski definition) is 2. The summed E-state index contributed by atoms with van der Waals surface area (Å²) in [4.78, 5) is 12.4. The molecule has 0 aromatic heterocycles. The molecule has 1 amide bonds. The van der Waals surface area contributed by atoms with Crippen molar-refractivity contribution in [3.63, 3.8) is 0 Å². The minimum Gasteiger partial charge on any atom is -0.494 e. The molecule has 0 spiro atoms. The number of carbonyl (C=O) groups is 1. The smallest absolute Gasteiger partial charge is 0.262 e. The number of benzene rings is 3. The lowest BCUT2D eigenvalue weighted by Gasteiger charge is -2.16. The van der Waals surface area contributed by atoms with E-state index in [1.165, 1.54) is 31.4 Å². The molecule has 0 saturated heterocycles. The van der Waals surface area contributed by atoms with Crippen LogP contribution >= 0.6 is 0 Å². The summed E-state index contributed by atoms with van der Waals surface area (Å²) in [5.41, 5.74) is 2.25. The van der Waals surface area contributed by atoms with Gasteiger partial charge in [0, 0.05) is 17.3 Å². The quantitative estimate of drug-likeness (QED) is 0.627. The number of nitriles is 1. The SMILES string of the molecule is COc1cc(NC(=O)c2ccccc2)c(C)cc1NS(=O)(=O)c1ccc(C#N)cc1. The molecule has 30 heavy (non-hydrogen) atoms. The lowest BCUT2D eigenvalue weighted by molar-refractivity contribution is 0.102. The van der Waals surface area contributed by atoms with Crippen molar-refractivity contribution in [1.82, 2.24) is 0 Å². The molecule has 0 bridgehead atoms. The van der Waals surface area contributed by atoms with Crippen LogP contribution in [-0.2, 0) is 10.0 Å². The number of methoxy groups -OCH3 is 1. The molecule has 0 radical (unpaired) electrons. The van der Waals surface area contributed by atoms with E-state index in [0.717, 1.165) is 0 Å². The number of nitrogens with one attached hydrogen (secondary N) is 2. The molecular formula is C22H19N3O4S. The Morgan fingerprint density at radius 1 is 1.00 bits per heavy atom. The second-order valence-corrected chi connectivity index (χ2v) is 8.11. The van der Waals surface area contributed by atoms with Crippen molar-refractivity contribution in [3.05, 3.63) is 83.4 Å². The number of carbonyl (C=O) groups excluding carboxylic acids is 1. The molecule has 3 aromatic rings. The highest BCUT2D eigenvalue weighted by Gasteiger charge is 2.18. The molecule has 0 heterocycles. The Hall–Kier alpha value is -3.83. The number of ether oxygens (including phenoxy) is 1. The van der Waals surface area contributed by atoms with Gasteiger partial charge in [0.25, 0.3) is 15.9 Å². The zero-order chi connectivity index (χ0) is 21.7. The maximum absolute atomic E-state index is 12.7. The molecule has 3 aromatic carbocycles. The summed E-state index contributed by atoms with van der Waals surface area (Å²) in [5, 5.41) is 11.7. The summed E-state index contributed by atoms with van der Waals surface area (Å²) in [6.07, 6.45) is 0.